The highest BCUT2D eigenvalue weighted by Crippen LogP contribution is 2.43. The van der Waals surface area contributed by atoms with Gasteiger partial charge in [-0.2, -0.15) is 0 Å². The maximum atomic E-state index is 13.3. The molecule has 0 aromatic heterocycles. The van der Waals surface area contributed by atoms with Crippen molar-refractivity contribution in [2.45, 2.75) is 19.4 Å². The molecular formula is C19H25FN2. The highest BCUT2D eigenvalue weighted by molar-refractivity contribution is 5.16. The van der Waals surface area contributed by atoms with Crippen LogP contribution in [0.3, 0.4) is 0 Å². The summed E-state index contributed by atoms with van der Waals surface area (Å²) in [6, 6.07) is 7.01. The summed E-state index contributed by atoms with van der Waals surface area (Å²) in [7, 11) is 0. The Balaban J connectivity index is 1.25. The molecule has 3 aliphatic rings. The van der Waals surface area contributed by atoms with E-state index in [1.165, 1.54) is 25.5 Å². The zero-order chi connectivity index (χ0) is 14.9. The first kappa shape index (κ1) is 14.4. The number of allylic oxidation sites excluding steroid dienone is 2. The van der Waals surface area contributed by atoms with Crippen LogP contribution in [0, 0.1) is 23.6 Å². The molecule has 4 rings (SSSR count). The normalized spacial score (nSPS) is 32.0. The third kappa shape index (κ3) is 3.11. The number of hydrogen-bond donors (Lipinski definition) is 0. The minimum atomic E-state index is -0.125. The summed E-state index contributed by atoms with van der Waals surface area (Å²) in [4.78, 5) is 5.09. The fourth-order valence-electron chi connectivity index (χ4n) is 4.46. The molecule has 2 nitrogen and oxygen atoms in total. The van der Waals surface area contributed by atoms with Crippen molar-refractivity contribution in [2.24, 2.45) is 17.8 Å². The molecule has 0 N–H and O–H groups in total. The molecule has 0 amide bonds. The smallest absolute Gasteiger partial charge is 0.123 e. The Hall–Kier alpha value is -1.19. The lowest BCUT2D eigenvalue weighted by molar-refractivity contribution is 0.108. The van der Waals surface area contributed by atoms with Crippen LogP contribution < -0.4 is 0 Å². The van der Waals surface area contributed by atoms with E-state index in [2.05, 4.69) is 22.0 Å². The minimum absolute atomic E-state index is 0.125. The predicted octanol–water partition coefficient (Wildman–Crippen LogP) is 3.16. The number of halogens is 1. The maximum Gasteiger partial charge on any atom is 0.123 e. The molecule has 1 aromatic rings. The van der Waals surface area contributed by atoms with E-state index in [1.807, 2.05) is 12.1 Å². The molecule has 1 aliphatic heterocycles. The second kappa shape index (κ2) is 6.13. The Morgan fingerprint density at radius 2 is 1.82 bits per heavy atom. The van der Waals surface area contributed by atoms with Gasteiger partial charge in [0.25, 0.3) is 0 Å². The Bertz CT molecular complexity index is 548. The van der Waals surface area contributed by atoms with E-state index in [9.17, 15) is 4.39 Å². The summed E-state index contributed by atoms with van der Waals surface area (Å²) in [5.74, 6) is 2.50. The fourth-order valence-corrected chi connectivity index (χ4v) is 4.46. The predicted molar refractivity (Wildman–Crippen MR) is 87.0 cm³/mol. The Kier molecular flexibility index (Phi) is 4.01. The van der Waals surface area contributed by atoms with Crippen molar-refractivity contribution in [3.05, 3.63) is 47.8 Å². The van der Waals surface area contributed by atoms with Gasteiger partial charge in [-0.3, -0.25) is 4.90 Å². The number of nitrogens with zero attached hydrogens (tertiary/aromatic N) is 2. The number of benzene rings is 1. The molecule has 118 valence electrons. The van der Waals surface area contributed by atoms with Gasteiger partial charge in [0.1, 0.15) is 5.82 Å². The van der Waals surface area contributed by atoms with Crippen LogP contribution in [0.15, 0.2) is 36.4 Å². The van der Waals surface area contributed by atoms with Crippen LogP contribution in [0.5, 0.6) is 0 Å². The van der Waals surface area contributed by atoms with Gasteiger partial charge < -0.3 is 4.90 Å². The molecule has 1 saturated heterocycles. The standard InChI is InChI=1S/C19H25FN2/c20-19-3-1-2-16(12-19)13-21-6-8-22(9-7-21)14-18-11-15-4-5-17(18)10-15/h1-5,12,15,17-18H,6-11,13-14H2/t15-,17+,18+/m1/s1. The minimum Gasteiger partial charge on any atom is -0.300 e. The third-order valence-corrected chi connectivity index (χ3v) is 5.67. The van der Waals surface area contributed by atoms with Gasteiger partial charge in [0.15, 0.2) is 0 Å². The van der Waals surface area contributed by atoms with Crippen LogP contribution in [0.2, 0.25) is 0 Å². The topological polar surface area (TPSA) is 6.48 Å². The average Bonchev–Trinajstić information content (AvgIpc) is 3.12. The largest absolute Gasteiger partial charge is 0.300 e. The summed E-state index contributed by atoms with van der Waals surface area (Å²) >= 11 is 0. The fraction of sp³-hybridized carbons (Fsp3) is 0.579. The van der Waals surface area contributed by atoms with Crippen LogP contribution >= 0.6 is 0 Å². The molecule has 1 heterocycles. The Morgan fingerprint density at radius 3 is 2.50 bits per heavy atom. The number of rotatable bonds is 4. The first-order valence-corrected chi connectivity index (χ1v) is 8.64. The van der Waals surface area contributed by atoms with Crippen molar-refractivity contribution in [2.75, 3.05) is 32.7 Å². The van der Waals surface area contributed by atoms with Gasteiger partial charge in [-0.15, -0.1) is 0 Å². The van der Waals surface area contributed by atoms with Crippen molar-refractivity contribution in [1.29, 1.82) is 0 Å². The highest BCUT2D eigenvalue weighted by atomic mass is 19.1. The van der Waals surface area contributed by atoms with E-state index in [4.69, 9.17) is 0 Å². The molecule has 2 fully saturated rings. The van der Waals surface area contributed by atoms with E-state index in [-0.39, 0.29) is 5.82 Å². The molecule has 3 heteroatoms. The molecule has 2 bridgehead atoms. The van der Waals surface area contributed by atoms with Gasteiger partial charge in [-0.05, 0) is 48.3 Å². The highest BCUT2D eigenvalue weighted by Gasteiger charge is 2.36. The van der Waals surface area contributed by atoms with E-state index in [0.29, 0.717) is 0 Å². The van der Waals surface area contributed by atoms with Crippen LogP contribution in [-0.2, 0) is 6.54 Å². The molecule has 0 radical (unpaired) electrons. The van der Waals surface area contributed by atoms with Crippen molar-refractivity contribution in [3.8, 4) is 0 Å². The number of fused-ring (bicyclic) bond motifs is 2. The number of hydrogen-bond acceptors (Lipinski definition) is 2. The second-order valence-electron chi connectivity index (χ2n) is 7.25. The Morgan fingerprint density at radius 1 is 1.00 bits per heavy atom. The van der Waals surface area contributed by atoms with Crippen molar-refractivity contribution >= 4 is 0 Å². The quantitative estimate of drug-likeness (QED) is 0.788. The zero-order valence-corrected chi connectivity index (χ0v) is 13.1. The molecular weight excluding hydrogens is 275 g/mol. The van der Waals surface area contributed by atoms with Crippen molar-refractivity contribution in [3.63, 3.8) is 0 Å². The van der Waals surface area contributed by atoms with Gasteiger partial charge in [0.2, 0.25) is 0 Å². The van der Waals surface area contributed by atoms with E-state index < -0.39 is 0 Å². The lowest BCUT2D eigenvalue weighted by Gasteiger charge is -2.37. The second-order valence-corrected chi connectivity index (χ2v) is 7.25. The molecule has 0 spiro atoms. The third-order valence-electron chi connectivity index (χ3n) is 5.67. The number of piperazine rings is 1. The molecule has 1 aromatic carbocycles. The van der Waals surface area contributed by atoms with Crippen LogP contribution in [0.1, 0.15) is 18.4 Å². The first-order chi connectivity index (χ1) is 10.8. The summed E-state index contributed by atoms with van der Waals surface area (Å²) in [5.41, 5.74) is 1.09. The van der Waals surface area contributed by atoms with Gasteiger partial charge in [-0.25, -0.2) is 4.39 Å². The van der Waals surface area contributed by atoms with Crippen LogP contribution in [0.25, 0.3) is 0 Å². The first-order valence-electron chi connectivity index (χ1n) is 8.64. The monoisotopic (exact) mass is 300 g/mol. The summed E-state index contributed by atoms with van der Waals surface area (Å²) in [6.07, 6.45) is 7.70. The molecule has 0 unspecified atom stereocenters. The summed E-state index contributed by atoms with van der Waals surface area (Å²) in [5, 5.41) is 0. The van der Waals surface area contributed by atoms with Gasteiger partial charge in [0, 0.05) is 39.3 Å². The Labute approximate surface area is 132 Å². The van der Waals surface area contributed by atoms with Gasteiger partial charge in [0.05, 0.1) is 0 Å². The summed E-state index contributed by atoms with van der Waals surface area (Å²) in [6.45, 7) is 6.68. The lowest BCUT2D eigenvalue weighted by atomic mass is 9.93. The lowest BCUT2D eigenvalue weighted by Crippen LogP contribution is -2.47. The maximum absolute atomic E-state index is 13.3. The van der Waals surface area contributed by atoms with Gasteiger partial charge in [-0.1, -0.05) is 24.3 Å². The SMILES string of the molecule is Fc1cccc(CN2CCN(C[C@@H]3C[C@@H]4C=C[C@H]3C4)CC2)c1. The van der Waals surface area contributed by atoms with Crippen LogP contribution in [-0.4, -0.2) is 42.5 Å². The molecule has 22 heavy (non-hydrogen) atoms. The molecule has 2 aliphatic carbocycles. The molecule has 3 atom stereocenters. The van der Waals surface area contributed by atoms with Gasteiger partial charge >= 0.3 is 0 Å². The average molecular weight is 300 g/mol. The van der Waals surface area contributed by atoms with E-state index in [0.717, 1.165) is 56.0 Å². The van der Waals surface area contributed by atoms with E-state index in [1.54, 1.807) is 6.07 Å². The van der Waals surface area contributed by atoms with Crippen molar-refractivity contribution < 1.29 is 4.39 Å². The van der Waals surface area contributed by atoms with Crippen molar-refractivity contribution in [1.82, 2.24) is 9.80 Å². The zero-order valence-electron chi connectivity index (χ0n) is 13.1. The van der Waals surface area contributed by atoms with E-state index >= 15 is 0 Å². The summed E-state index contributed by atoms with van der Waals surface area (Å²) < 4.78 is 13.3. The van der Waals surface area contributed by atoms with Crippen LogP contribution in [0.4, 0.5) is 4.39 Å². The molecule has 1 saturated carbocycles.